The van der Waals surface area contributed by atoms with Crippen LogP contribution in [-0.4, -0.2) is 40.9 Å². The molecule has 0 spiro atoms. The molecule has 0 saturated carbocycles. The fourth-order valence-electron chi connectivity index (χ4n) is 1.90. The molecular formula is C13H11Cl3N4O3S. The van der Waals surface area contributed by atoms with Gasteiger partial charge in [0.05, 0.1) is 5.69 Å². The second-order valence-corrected chi connectivity index (χ2v) is 8.14. The van der Waals surface area contributed by atoms with E-state index in [4.69, 9.17) is 40.1 Å². The van der Waals surface area contributed by atoms with E-state index in [2.05, 4.69) is 4.98 Å². The predicted octanol–water partition coefficient (Wildman–Crippen LogP) is 2.45. The standard InChI is InChI=1S/C13H11Cl3N4O3S/c1-19(2)24(22,23)20-6-10(18-11(20)5-17)13(21)12-8(15)3-7(14)4-9(12)16/h3-4,6,13,21H,1-2H3. The largest absolute Gasteiger partial charge is 0.382 e. The SMILES string of the molecule is CN(C)S(=O)(=O)n1cc(C(O)c2c(Cl)cc(Cl)cc2Cl)nc1C#N. The number of hydrogen-bond donors (Lipinski definition) is 1. The van der Waals surface area contributed by atoms with Gasteiger partial charge in [-0.2, -0.15) is 18.0 Å². The minimum absolute atomic E-state index is 0.0866. The van der Waals surface area contributed by atoms with Gasteiger partial charge in [-0.1, -0.05) is 34.8 Å². The van der Waals surface area contributed by atoms with Gasteiger partial charge in [0.2, 0.25) is 5.82 Å². The molecule has 0 aliphatic heterocycles. The Morgan fingerprint density at radius 2 is 1.83 bits per heavy atom. The zero-order valence-corrected chi connectivity index (χ0v) is 15.5. The van der Waals surface area contributed by atoms with E-state index < -0.39 is 22.1 Å². The molecule has 0 radical (unpaired) electrons. The first-order chi connectivity index (χ1) is 11.1. The second kappa shape index (κ2) is 6.88. The summed E-state index contributed by atoms with van der Waals surface area (Å²) in [6, 6.07) is 4.43. The first kappa shape index (κ1) is 19.0. The van der Waals surface area contributed by atoms with Gasteiger partial charge in [0.15, 0.2) is 0 Å². The minimum atomic E-state index is -3.97. The molecule has 0 amide bonds. The number of halogens is 3. The van der Waals surface area contributed by atoms with Crippen LogP contribution in [0.25, 0.3) is 0 Å². The highest BCUT2D eigenvalue weighted by Crippen LogP contribution is 2.36. The highest BCUT2D eigenvalue weighted by molar-refractivity contribution is 7.87. The number of benzene rings is 1. The molecule has 0 saturated heterocycles. The Hall–Kier alpha value is -1.34. The first-order valence-corrected chi connectivity index (χ1v) is 8.87. The van der Waals surface area contributed by atoms with Crippen molar-refractivity contribution in [1.29, 1.82) is 5.26 Å². The van der Waals surface area contributed by atoms with Crippen molar-refractivity contribution in [1.82, 2.24) is 13.3 Å². The number of hydrogen-bond acceptors (Lipinski definition) is 5. The lowest BCUT2D eigenvalue weighted by molar-refractivity contribution is 0.216. The van der Waals surface area contributed by atoms with Crippen LogP contribution in [0.5, 0.6) is 0 Å². The maximum Gasteiger partial charge on any atom is 0.309 e. The number of nitriles is 1. The van der Waals surface area contributed by atoms with Crippen LogP contribution in [0.2, 0.25) is 15.1 Å². The van der Waals surface area contributed by atoms with Crippen LogP contribution in [-0.2, 0) is 10.2 Å². The molecule has 1 N–H and O–H groups in total. The van der Waals surface area contributed by atoms with E-state index in [9.17, 15) is 13.5 Å². The Morgan fingerprint density at radius 3 is 2.29 bits per heavy atom. The van der Waals surface area contributed by atoms with Crippen molar-refractivity contribution in [3.63, 3.8) is 0 Å². The molecule has 2 aromatic rings. The van der Waals surface area contributed by atoms with Gasteiger partial charge in [-0.05, 0) is 12.1 Å². The van der Waals surface area contributed by atoms with Crippen LogP contribution >= 0.6 is 34.8 Å². The summed E-state index contributed by atoms with van der Waals surface area (Å²) >= 11 is 17.9. The Morgan fingerprint density at radius 1 is 1.29 bits per heavy atom. The molecule has 1 heterocycles. The van der Waals surface area contributed by atoms with Gasteiger partial charge in [-0.15, -0.1) is 0 Å². The lowest BCUT2D eigenvalue weighted by Crippen LogP contribution is -2.29. The van der Waals surface area contributed by atoms with E-state index in [0.29, 0.717) is 3.97 Å². The van der Waals surface area contributed by atoms with Crippen molar-refractivity contribution >= 4 is 45.0 Å². The van der Waals surface area contributed by atoms with Crippen LogP contribution in [0.1, 0.15) is 23.2 Å². The van der Waals surface area contributed by atoms with Crippen molar-refractivity contribution in [3.05, 3.63) is 50.5 Å². The van der Waals surface area contributed by atoms with E-state index in [0.717, 1.165) is 10.5 Å². The minimum Gasteiger partial charge on any atom is -0.382 e. The number of rotatable bonds is 4. The van der Waals surface area contributed by atoms with Gasteiger partial charge < -0.3 is 5.11 Å². The predicted molar refractivity (Wildman–Crippen MR) is 90.5 cm³/mol. The normalized spacial score (nSPS) is 13.1. The van der Waals surface area contributed by atoms with Gasteiger partial charge >= 0.3 is 10.2 Å². The Bertz CT molecular complexity index is 911. The molecule has 1 unspecified atom stereocenters. The van der Waals surface area contributed by atoms with Gasteiger partial charge in [0.25, 0.3) is 0 Å². The van der Waals surface area contributed by atoms with Crippen molar-refractivity contribution in [2.24, 2.45) is 0 Å². The monoisotopic (exact) mass is 408 g/mol. The van der Waals surface area contributed by atoms with Crippen molar-refractivity contribution < 1.29 is 13.5 Å². The van der Waals surface area contributed by atoms with Gasteiger partial charge in [-0.25, -0.2) is 8.96 Å². The Kier molecular flexibility index (Phi) is 5.44. The third-order valence-corrected chi connectivity index (χ3v) is 5.64. The average Bonchev–Trinajstić information content (AvgIpc) is 2.90. The lowest BCUT2D eigenvalue weighted by atomic mass is 10.1. The van der Waals surface area contributed by atoms with Crippen LogP contribution in [0, 0.1) is 11.3 Å². The van der Waals surface area contributed by atoms with Crippen LogP contribution in [0.15, 0.2) is 18.3 Å². The fraction of sp³-hybridized carbons (Fsp3) is 0.231. The lowest BCUT2D eigenvalue weighted by Gasteiger charge is -2.13. The number of nitrogens with zero attached hydrogens (tertiary/aromatic N) is 4. The van der Waals surface area contributed by atoms with Crippen LogP contribution in [0.3, 0.4) is 0 Å². The molecule has 2 rings (SSSR count). The quantitative estimate of drug-likeness (QED) is 0.836. The maximum absolute atomic E-state index is 12.2. The van der Waals surface area contributed by atoms with E-state index in [1.54, 1.807) is 6.07 Å². The molecule has 11 heteroatoms. The first-order valence-electron chi connectivity index (χ1n) is 6.34. The van der Waals surface area contributed by atoms with Crippen molar-refractivity contribution in [3.8, 4) is 6.07 Å². The van der Waals surface area contributed by atoms with Crippen molar-refractivity contribution in [2.75, 3.05) is 14.1 Å². The summed E-state index contributed by atoms with van der Waals surface area (Å²) < 4.78 is 26.0. The summed E-state index contributed by atoms with van der Waals surface area (Å²) in [5.41, 5.74) is 0.0159. The van der Waals surface area contributed by atoms with Crippen LogP contribution in [0.4, 0.5) is 0 Å². The number of aliphatic hydroxyl groups excluding tert-OH is 1. The molecule has 24 heavy (non-hydrogen) atoms. The van der Waals surface area contributed by atoms with E-state index in [1.165, 1.54) is 26.2 Å². The summed E-state index contributed by atoms with van der Waals surface area (Å²) in [5, 5.41) is 20.0. The molecule has 7 nitrogen and oxygen atoms in total. The van der Waals surface area contributed by atoms with Gasteiger partial charge in [0, 0.05) is 40.9 Å². The second-order valence-electron chi connectivity index (χ2n) is 4.87. The topological polar surface area (TPSA) is 99.2 Å². The number of aliphatic hydroxyl groups is 1. The summed E-state index contributed by atoms with van der Waals surface area (Å²) in [5.74, 6) is -0.404. The van der Waals surface area contributed by atoms with E-state index in [-0.39, 0.29) is 26.3 Å². The highest BCUT2D eigenvalue weighted by atomic mass is 35.5. The van der Waals surface area contributed by atoms with E-state index in [1.807, 2.05) is 0 Å². The molecule has 1 aromatic carbocycles. The Balaban J connectivity index is 2.60. The fourth-order valence-corrected chi connectivity index (χ4v) is 3.82. The van der Waals surface area contributed by atoms with Crippen LogP contribution < -0.4 is 0 Å². The third kappa shape index (κ3) is 3.37. The van der Waals surface area contributed by atoms with Crippen molar-refractivity contribution in [2.45, 2.75) is 6.10 Å². The zero-order chi connectivity index (χ0) is 18.2. The molecule has 0 aliphatic carbocycles. The zero-order valence-electron chi connectivity index (χ0n) is 12.4. The van der Waals surface area contributed by atoms with Gasteiger partial charge in [-0.3, -0.25) is 0 Å². The molecule has 0 aliphatic rings. The summed E-state index contributed by atoms with van der Waals surface area (Å²) in [6.07, 6.45) is -0.396. The summed E-state index contributed by atoms with van der Waals surface area (Å²) in [6.45, 7) is 0. The smallest absolute Gasteiger partial charge is 0.309 e. The molecule has 0 fully saturated rings. The molecule has 1 atom stereocenters. The molecular weight excluding hydrogens is 399 g/mol. The highest BCUT2D eigenvalue weighted by Gasteiger charge is 2.27. The average molecular weight is 410 g/mol. The van der Waals surface area contributed by atoms with E-state index >= 15 is 0 Å². The summed E-state index contributed by atoms with van der Waals surface area (Å²) in [4.78, 5) is 3.85. The number of aromatic nitrogens is 2. The third-order valence-electron chi connectivity index (χ3n) is 3.10. The molecule has 1 aromatic heterocycles. The summed E-state index contributed by atoms with van der Waals surface area (Å²) in [7, 11) is -1.36. The van der Waals surface area contributed by atoms with Gasteiger partial charge in [0.1, 0.15) is 12.2 Å². The maximum atomic E-state index is 12.2. The molecule has 128 valence electrons. The molecule has 0 bridgehead atoms. The Labute approximate surface area is 153 Å². The number of imidazole rings is 1.